The van der Waals surface area contributed by atoms with E-state index in [4.69, 9.17) is 13.3 Å². The zero-order valence-electron chi connectivity index (χ0n) is 7.84. The molecule has 0 bridgehead atoms. The van der Waals surface area contributed by atoms with E-state index >= 15 is 0 Å². The van der Waals surface area contributed by atoms with Crippen molar-refractivity contribution in [2.75, 3.05) is 0 Å². The van der Waals surface area contributed by atoms with Crippen LogP contribution in [0.2, 0.25) is 0 Å². The molecule has 0 radical (unpaired) electrons. The molecule has 0 saturated carbocycles. The highest BCUT2D eigenvalue weighted by molar-refractivity contribution is 5.77. The van der Waals surface area contributed by atoms with E-state index in [1.165, 1.54) is 0 Å². The number of rotatable bonds is 2. The average molecular weight is 200 g/mol. The van der Waals surface area contributed by atoms with Crippen molar-refractivity contribution in [3.05, 3.63) is 49.3 Å². The number of hydrogen-bond donors (Lipinski definition) is 0. The van der Waals surface area contributed by atoms with E-state index in [1.807, 2.05) is 24.3 Å². The number of furan rings is 3. The maximum Gasteiger partial charge on any atom is 0.137 e. The first-order chi connectivity index (χ1) is 7.45. The summed E-state index contributed by atoms with van der Waals surface area (Å²) in [5, 5.41) is 0. The zero-order valence-corrected chi connectivity index (χ0v) is 7.84. The smallest absolute Gasteiger partial charge is 0.137 e. The van der Waals surface area contributed by atoms with Crippen LogP contribution in [0.4, 0.5) is 0 Å². The first-order valence-electron chi connectivity index (χ1n) is 4.59. The van der Waals surface area contributed by atoms with Gasteiger partial charge in [-0.05, 0) is 24.3 Å². The van der Waals surface area contributed by atoms with Crippen molar-refractivity contribution in [1.29, 1.82) is 0 Å². The molecule has 74 valence electrons. The fourth-order valence-electron chi connectivity index (χ4n) is 1.54. The maximum absolute atomic E-state index is 5.31. The third-order valence-corrected chi connectivity index (χ3v) is 2.24. The van der Waals surface area contributed by atoms with Gasteiger partial charge < -0.3 is 13.3 Å². The van der Waals surface area contributed by atoms with Gasteiger partial charge in [0.1, 0.15) is 24.0 Å². The van der Waals surface area contributed by atoms with E-state index in [2.05, 4.69) is 0 Å². The Morgan fingerprint density at radius 3 is 1.67 bits per heavy atom. The molecule has 0 saturated heterocycles. The lowest BCUT2D eigenvalue weighted by Crippen LogP contribution is -1.73. The summed E-state index contributed by atoms with van der Waals surface area (Å²) in [6, 6.07) is 7.46. The summed E-state index contributed by atoms with van der Waals surface area (Å²) >= 11 is 0. The SMILES string of the molecule is c1coc(-c2cocc2-c2ccco2)c1. The predicted molar refractivity (Wildman–Crippen MR) is 54.1 cm³/mol. The van der Waals surface area contributed by atoms with E-state index in [0.29, 0.717) is 0 Å². The van der Waals surface area contributed by atoms with Gasteiger partial charge in [0.2, 0.25) is 0 Å². The summed E-state index contributed by atoms with van der Waals surface area (Å²) in [5.74, 6) is 1.55. The molecule has 0 aliphatic carbocycles. The van der Waals surface area contributed by atoms with Gasteiger partial charge in [0.05, 0.1) is 23.7 Å². The molecule has 15 heavy (non-hydrogen) atoms. The Kier molecular flexibility index (Phi) is 1.75. The molecule has 0 fully saturated rings. The van der Waals surface area contributed by atoms with Gasteiger partial charge >= 0.3 is 0 Å². The summed E-state index contributed by atoms with van der Waals surface area (Å²) in [6.45, 7) is 0. The molecule has 3 rings (SSSR count). The molecule has 0 aliphatic rings. The molecule has 0 N–H and O–H groups in total. The van der Waals surface area contributed by atoms with Crippen LogP contribution in [0.3, 0.4) is 0 Å². The summed E-state index contributed by atoms with van der Waals surface area (Å²) in [7, 11) is 0. The van der Waals surface area contributed by atoms with Crippen molar-refractivity contribution in [3.63, 3.8) is 0 Å². The van der Waals surface area contributed by atoms with Crippen molar-refractivity contribution >= 4 is 0 Å². The molecular weight excluding hydrogens is 192 g/mol. The molecule has 0 amide bonds. The maximum atomic E-state index is 5.31. The van der Waals surface area contributed by atoms with Gasteiger partial charge in [0.25, 0.3) is 0 Å². The van der Waals surface area contributed by atoms with Crippen molar-refractivity contribution in [1.82, 2.24) is 0 Å². The Morgan fingerprint density at radius 1 is 0.733 bits per heavy atom. The van der Waals surface area contributed by atoms with Gasteiger partial charge in [0.15, 0.2) is 0 Å². The molecule has 3 aromatic rings. The average Bonchev–Trinajstić information content (AvgIpc) is 3.01. The van der Waals surface area contributed by atoms with Crippen LogP contribution in [0.1, 0.15) is 0 Å². The Balaban J connectivity index is 2.15. The minimum atomic E-state index is 0.773. The molecule has 0 unspecified atom stereocenters. The Labute approximate surface area is 85.9 Å². The fraction of sp³-hybridized carbons (Fsp3) is 0. The van der Waals surface area contributed by atoms with Gasteiger partial charge in [-0.2, -0.15) is 0 Å². The lowest BCUT2D eigenvalue weighted by molar-refractivity contribution is 0.557. The third kappa shape index (κ3) is 1.29. The monoisotopic (exact) mass is 200 g/mol. The second-order valence-corrected chi connectivity index (χ2v) is 3.15. The van der Waals surface area contributed by atoms with E-state index in [0.717, 1.165) is 22.6 Å². The van der Waals surface area contributed by atoms with Crippen LogP contribution in [0.5, 0.6) is 0 Å². The molecule has 3 nitrogen and oxygen atoms in total. The van der Waals surface area contributed by atoms with E-state index in [1.54, 1.807) is 25.1 Å². The molecule has 0 aromatic carbocycles. The van der Waals surface area contributed by atoms with Gasteiger partial charge in [-0.15, -0.1) is 0 Å². The van der Waals surface area contributed by atoms with E-state index in [9.17, 15) is 0 Å². The van der Waals surface area contributed by atoms with Crippen molar-refractivity contribution in [2.45, 2.75) is 0 Å². The van der Waals surface area contributed by atoms with Crippen molar-refractivity contribution < 1.29 is 13.3 Å². The zero-order chi connectivity index (χ0) is 10.1. The van der Waals surface area contributed by atoms with E-state index in [-0.39, 0.29) is 0 Å². The van der Waals surface area contributed by atoms with Crippen molar-refractivity contribution in [2.24, 2.45) is 0 Å². The highest BCUT2D eigenvalue weighted by Crippen LogP contribution is 2.33. The van der Waals surface area contributed by atoms with Gasteiger partial charge in [-0.25, -0.2) is 0 Å². The first kappa shape index (κ1) is 8.17. The van der Waals surface area contributed by atoms with Gasteiger partial charge in [-0.3, -0.25) is 0 Å². The largest absolute Gasteiger partial charge is 0.471 e. The fourth-order valence-corrected chi connectivity index (χ4v) is 1.54. The Bertz CT molecular complexity index is 480. The van der Waals surface area contributed by atoms with Crippen LogP contribution in [-0.2, 0) is 0 Å². The van der Waals surface area contributed by atoms with Crippen molar-refractivity contribution in [3.8, 4) is 22.6 Å². The molecule has 3 heterocycles. The molecule has 3 heteroatoms. The molecule has 3 aromatic heterocycles. The van der Waals surface area contributed by atoms with Gasteiger partial charge in [-0.1, -0.05) is 0 Å². The van der Waals surface area contributed by atoms with Gasteiger partial charge in [0, 0.05) is 0 Å². The Morgan fingerprint density at radius 2 is 1.27 bits per heavy atom. The molecule has 0 atom stereocenters. The van der Waals surface area contributed by atoms with Crippen LogP contribution in [0, 0.1) is 0 Å². The Hall–Kier alpha value is -2.16. The third-order valence-electron chi connectivity index (χ3n) is 2.24. The lowest BCUT2D eigenvalue weighted by Gasteiger charge is -1.94. The van der Waals surface area contributed by atoms with Crippen LogP contribution >= 0.6 is 0 Å². The summed E-state index contributed by atoms with van der Waals surface area (Å²) < 4.78 is 15.8. The summed E-state index contributed by atoms with van der Waals surface area (Å²) in [5.41, 5.74) is 1.80. The highest BCUT2D eigenvalue weighted by Gasteiger charge is 2.13. The van der Waals surface area contributed by atoms with E-state index < -0.39 is 0 Å². The van der Waals surface area contributed by atoms with Crippen LogP contribution in [0.25, 0.3) is 22.6 Å². The molecule has 0 spiro atoms. The summed E-state index contributed by atoms with van der Waals surface area (Å²) in [4.78, 5) is 0. The lowest BCUT2D eigenvalue weighted by atomic mass is 10.1. The minimum Gasteiger partial charge on any atom is -0.471 e. The second kappa shape index (κ2) is 3.20. The van der Waals surface area contributed by atoms with Crippen LogP contribution in [-0.4, -0.2) is 0 Å². The normalized spacial score (nSPS) is 10.7. The highest BCUT2D eigenvalue weighted by atomic mass is 16.3. The molecular formula is C12H8O3. The standard InChI is InChI=1S/C12H8O3/c1-3-11(14-5-1)9-7-13-8-10(9)12-4-2-6-15-12/h1-8H. The van der Waals surface area contributed by atoms with Crippen LogP contribution in [0.15, 0.2) is 62.6 Å². The molecule has 0 aliphatic heterocycles. The van der Waals surface area contributed by atoms with Crippen LogP contribution < -0.4 is 0 Å². The minimum absolute atomic E-state index is 0.773. The first-order valence-corrected chi connectivity index (χ1v) is 4.59. The topological polar surface area (TPSA) is 39.4 Å². The predicted octanol–water partition coefficient (Wildman–Crippen LogP) is 3.80. The second-order valence-electron chi connectivity index (χ2n) is 3.15. The number of hydrogen-bond acceptors (Lipinski definition) is 3. The quantitative estimate of drug-likeness (QED) is 0.631. The summed E-state index contributed by atoms with van der Waals surface area (Å²) in [6.07, 6.45) is 6.57.